The Labute approximate surface area is 205 Å². The Kier molecular flexibility index (Phi) is 22.4. The van der Waals surface area contributed by atoms with Crippen molar-refractivity contribution in [3.8, 4) is 12.1 Å². The highest BCUT2D eigenvalue weighted by atomic mass is 35.5. The first-order valence-corrected chi connectivity index (χ1v) is 10.9. The molecule has 0 bridgehead atoms. The van der Waals surface area contributed by atoms with E-state index in [2.05, 4.69) is 28.3 Å². The van der Waals surface area contributed by atoms with Gasteiger partial charge in [-0.2, -0.15) is 10.5 Å². The molecule has 33 heavy (non-hydrogen) atoms. The van der Waals surface area contributed by atoms with Crippen molar-refractivity contribution in [2.75, 3.05) is 11.9 Å². The number of hydrogen-bond acceptors (Lipinski definition) is 7. The van der Waals surface area contributed by atoms with Crippen molar-refractivity contribution in [3.05, 3.63) is 51.9 Å². The van der Waals surface area contributed by atoms with Crippen molar-refractivity contribution in [1.82, 2.24) is 9.97 Å². The minimum atomic E-state index is 0. The topological polar surface area (TPSA) is 132 Å². The van der Waals surface area contributed by atoms with Crippen LogP contribution >= 0.6 is 11.6 Å². The van der Waals surface area contributed by atoms with Gasteiger partial charge in [-0.3, -0.25) is 0 Å². The van der Waals surface area contributed by atoms with E-state index >= 15 is 0 Å². The number of hydrogen-bond donors (Lipinski definition) is 3. The van der Waals surface area contributed by atoms with Gasteiger partial charge >= 0.3 is 0 Å². The third-order valence-corrected chi connectivity index (χ3v) is 3.28. The number of unbranched alkanes of at least 4 members (excludes halogenated alkanes) is 1. The SMILES string of the molecule is C.CC(C)N.CCCCO.Cc1cc(C#N)cc(Cl)n1.Cc1cc(C#N)cc(NC(C)C)n1. The van der Waals surface area contributed by atoms with Gasteiger partial charge in [0.2, 0.25) is 0 Å². The highest BCUT2D eigenvalue weighted by molar-refractivity contribution is 6.29. The van der Waals surface area contributed by atoms with E-state index in [1.807, 2.05) is 40.7 Å². The number of rotatable bonds is 4. The smallest absolute Gasteiger partial charge is 0.130 e. The van der Waals surface area contributed by atoms with Gasteiger partial charge in [0.15, 0.2) is 0 Å². The molecule has 0 aliphatic rings. The molecule has 7 nitrogen and oxygen atoms in total. The van der Waals surface area contributed by atoms with Crippen LogP contribution in [-0.4, -0.2) is 33.8 Å². The van der Waals surface area contributed by atoms with Crippen LogP contribution in [-0.2, 0) is 0 Å². The number of aliphatic hydroxyl groups is 1. The van der Waals surface area contributed by atoms with Crippen molar-refractivity contribution < 1.29 is 5.11 Å². The highest BCUT2D eigenvalue weighted by Crippen LogP contribution is 2.10. The fraction of sp³-hybridized carbons (Fsp3) is 0.520. The molecule has 0 amide bonds. The fourth-order valence-electron chi connectivity index (χ4n) is 1.95. The van der Waals surface area contributed by atoms with Crippen molar-refractivity contribution >= 4 is 17.4 Å². The molecule has 2 rings (SSSR count). The van der Waals surface area contributed by atoms with Crippen molar-refractivity contribution in [2.45, 2.75) is 80.8 Å². The monoisotopic (exact) mass is 476 g/mol. The van der Waals surface area contributed by atoms with E-state index in [0.29, 0.717) is 35.0 Å². The molecule has 0 spiro atoms. The number of aromatic nitrogens is 2. The molecule has 4 N–H and O–H groups in total. The Morgan fingerprint density at radius 1 is 1.00 bits per heavy atom. The zero-order chi connectivity index (χ0) is 25.1. The first-order valence-electron chi connectivity index (χ1n) is 10.5. The van der Waals surface area contributed by atoms with Crippen LogP contribution in [0, 0.1) is 36.5 Å². The lowest BCUT2D eigenvalue weighted by Crippen LogP contribution is -2.11. The summed E-state index contributed by atoms with van der Waals surface area (Å²) in [5.41, 5.74) is 7.94. The second kappa shape index (κ2) is 21.2. The highest BCUT2D eigenvalue weighted by Gasteiger charge is 2.00. The number of pyridine rings is 2. The molecule has 0 saturated carbocycles. The van der Waals surface area contributed by atoms with E-state index in [0.717, 1.165) is 30.0 Å². The van der Waals surface area contributed by atoms with E-state index in [1.54, 1.807) is 25.1 Å². The van der Waals surface area contributed by atoms with Gasteiger partial charge in [-0.25, -0.2) is 9.97 Å². The van der Waals surface area contributed by atoms with Crippen LogP contribution in [0.25, 0.3) is 0 Å². The molecule has 184 valence electrons. The van der Waals surface area contributed by atoms with E-state index in [4.69, 9.17) is 33.0 Å². The second-order valence-corrected chi connectivity index (χ2v) is 7.93. The molecule has 2 aromatic heterocycles. The van der Waals surface area contributed by atoms with Crippen LogP contribution in [0.2, 0.25) is 5.15 Å². The molecular formula is C25H41ClN6O. The average Bonchev–Trinajstić information content (AvgIpc) is 2.67. The minimum absolute atomic E-state index is 0. The Bertz CT molecular complexity index is 832. The summed E-state index contributed by atoms with van der Waals surface area (Å²) in [6, 6.07) is 11.5. The van der Waals surface area contributed by atoms with E-state index in [9.17, 15) is 0 Å². The van der Waals surface area contributed by atoms with Gasteiger partial charge in [-0.15, -0.1) is 0 Å². The first-order chi connectivity index (χ1) is 15.0. The number of aryl methyl sites for hydroxylation is 2. The summed E-state index contributed by atoms with van der Waals surface area (Å²) in [4.78, 5) is 8.16. The van der Waals surface area contributed by atoms with Crippen LogP contribution in [0.1, 0.15) is 77.4 Å². The lowest BCUT2D eigenvalue weighted by Gasteiger charge is -2.09. The zero-order valence-electron chi connectivity index (χ0n) is 20.3. The fourth-order valence-corrected chi connectivity index (χ4v) is 2.20. The molecule has 0 unspecified atom stereocenters. The molecule has 0 fully saturated rings. The van der Waals surface area contributed by atoms with Gasteiger partial charge in [0.25, 0.3) is 0 Å². The summed E-state index contributed by atoms with van der Waals surface area (Å²) in [6.45, 7) is 14.0. The predicted molar refractivity (Wildman–Crippen MR) is 139 cm³/mol. The standard InChI is InChI=1S/C10H13N3.C7H5ClN2.C4H10O.C3H9N.CH4/c1-7(2)12-10-5-9(6-11)4-8(3)13-10;1-5-2-6(4-9)3-7(8)10-5;1-2-3-4-5;1-3(2)4;/h4-5,7H,1-3H3,(H,12,13);2-3H,1H3;5H,2-4H2,1H3;3H,4H2,1-2H3;1H4. The van der Waals surface area contributed by atoms with Crippen molar-refractivity contribution in [1.29, 1.82) is 10.5 Å². The van der Waals surface area contributed by atoms with Crippen molar-refractivity contribution in [2.24, 2.45) is 5.73 Å². The summed E-state index contributed by atoms with van der Waals surface area (Å²) < 4.78 is 0. The van der Waals surface area contributed by atoms with Gasteiger partial charge in [-0.05, 0) is 64.4 Å². The summed E-state index contributed by atoms with van der Waals surface area (Å²) in [7, 11) is 0. The number of nitrogens with zero attached hydrogens (tertiary/aromatic N) is 4. The van der Waals surface area contributed by atoms with E-state index < -0.39 is 0 Å². The Morgan fingerprint density at radius 2 is 1.45 bits per heavy atom. The molecule has 8 heteroatoms. The molecule has 2 aromatic rings. The summed E-state index contributed by atoms with van der Waals surface area (Å²) in [5, 5.41) is 28.8. The third kappa shape index (κ3) is 22.3. The largest absolute Gasteiger partial charge is 0.396 e. The maximum atomic E-state index is 8.72. The van der Waals surface area contributed by atoms with Gasteiger partial charge in [-0.1, -0.05) is 46.2 Å². The van der Waals surface area contributed by atoms with Crippen LogP contribution < -0.4 is 11.1 Å². The van der Waals surface area contributed by atoms with Gasteiger partial charge in [0, 0.05) is 24.0 Å². The number of nitriles is 2. The van der Waals surface area contributed by atoms with E-state index in [-0.39, 0.29) is 7.43 Å². The quantitative estimate of drug-likeness (QED) is 0.477. The zero-order valence-corrected chi connectivity index (χ0v) is 21.0. The average molecular weight is 477 g/mol. The number of halogens is 1. The molecule has 0 radical (unpaired) electrons. The lowest BCUT2D eigenvalue weighted by atomic mass is 10.2. The molecule has 0 saturated heterocycles. The lowest BCUT2D eigenvalue weighted by molar-refractivity contribution is 0.287. The Morgan fingerprint density at radius 3 is 1.79 bits per heavy atom. The van der Waals surface area contributed by atoms with Crippen LogP contribution in [0.15, 0.2) is 24.3 Å². The summed E-state index contributed by atoms with van der Waals surface area (Å²) >= 11 is 5.57. The number of nitrogens with two attached hydrogens (primary N) is 1. The predicted octanol–water partition coefficient (Wildman–Crippen LogP) is 5.77. The first kappa shape index (κ1) is 34.9. The third-order valence-electron chi connectivity index (χ3n) is 3.08. The molecule has 2 heterocycles. The molecule has 0 aliphatic heterocycles. The Hall–Kier alpha value is -2.71. The van der Waals surface area contributed by atoms with Crippen LogP contribution in [0.3, 0.4) is 0 Å². The summed E-state index contributed by atoms with van der Waals surface area (Å²) in [5.74, 6) is 0.770. The van der Waals surface area contributed by atoms with Crippen LogP contribution in [0.5, 0.6) is 0 Å². The number of nitrogens with one attached hydrogen (secondary N) is 1. The summed E-state index contributed by atoms with van der Waals surface area (Å²) in [6.07, 6.45) is 2.04. The van der Waals surface area contributed by atoms with Gasteiger partial charge in [0.05, 0.1) is 23.3 Å². The van der Waals surface area contributed by atoms with Crippen LogP contribution in [0.4, 0.5) is 5.82 Å². The molecule has 0 aliphatic carbocycles. The molecular weight excluding hydrogens is 436 g/mol. The molecule has 0 atom stereocenters. The molecule has 0 aromatic carbocycles. The minimum Gasteiger partial charge on any atom is -0.396 e. The maximum absolute atomic E-state index is 8.72. The van der Waals surface area contributed by atoms with Gasteiger partial charge < -0.3 is 16.2 Å². The second-order valence-electron chi connectivity index (χ2n) is 7.55. The number of aliphatic hydroxyl groups excluding tert-OH is 1. The normalized spacial score (nSPS) is 8.91. The Balaban J connectivity index is -0.000000399. The maximum Gasteiger partial charge on any atom is 0.130 e. The van der Waals surface area contributed by atoms with Crippen molar-refractivity contribution in [3.63, 3.8) is 0 Å². The van der Waals surface area contributed by atoms with Gasteiger partial charge in [0.1, 0.15) is 11.0 Å². The number of anilines is 1. The van der Waals surface area contributed by atoms with E-state index in [1.165, 1.54) is 6.07 Å².